The van der Waals surface area contributed by atoms with Gasteiger partial charge in [0, 0.05) is 31.6 Å². The zero-order chi connectivity index (χ0) is 22.1. The fraction of sp³-hybridized carbons (Fsp3) is 0.417. The third-order valence-corrected chi connectivity index (χ3v) is 5.01. The first-order chi connectivity index (χ1) is 15.0. The van der Waals surface area contributed by atoms with Gasteiger partial charge in [-0.1, -0.05) is 30.3 Å². The molecule has 2 aromatic carbocycles. The zero-order valence-corrected chi connectivity index (χ0v) is 18.6. The van der Waals surface area contributed by atoms with Gasteiger partial charge >= 0.3 is 0 Å². The summed E-state index contributed by atoms with van der Waals surface area (Å²) in [5.41, 5.74) is 2.89. The quantitative estimate of drug-likeness (QED) is 0.425. The molecule has 3 rings (SSSR count). The Morgan fingerprint density at radius 1 is 1.13 bits per heavy atom. The first kappa shape index (κ1) is 22.6. The van der Waals surface area contributed by atoms with Gasteiger partial charge in [-0.3, -0.25) is 4.79 Å². The summed E-state index contributed by atoms with van der Waals surface area (Å²) in [7, 11) is 3.97. The Kier molecular flexibility index (Phi) is 8.29. The molecule has 0 aliphatic carbocycles. The largest absolute Gasteiger partial charge is 0.488 e. The highest BCUT2D eigenvalue weighted by molar-refractivity contribution is 5.94. The van der Waals surface area contributed by atoms with E-state index in [9.17, 15) is 4.79 Å². The van der Waals surface area contributed by atoms with Crippen LogP contribution in [0, 0.1) is 0 Å². The fourth-order valence-electron chi connectivity index (χ4n) is 3.40. The minimum Gasteiger partial charge on any atom is -0.488 e. The number of para-hydroxylation sites is 1. The number of nitrogens with zero attached hydrogens (tertiary/aromatic N) is 2. The van der Waals surface area contributed by atoms with Crippen molar-refractivity contribution in [3.05, 3.63) is 65.2 Å². The summed E-state index contributed by atoms with van der Waals surface area (Å²) in [6.45, 7) is 5.40. The number of carbonyl (C=O) groups is 1. The number of ether oxygens (including phenoxy) is 1. The van der Waals surface area contributed by atoms with E-state index in [4.69, 9.17) is 4.74 Å². The van der Waals surface area contributed by atoms with E-state index < -0.39 is 0 Å². The average molecular weight is 424 g/mol. The molecule has 0 bridgehead atoms. The molecule has 1 amide bonds. The van der Waals surface area contributed by atoms with Gasteiger partial charge in [-0.2, -0.15) is 0 Å². The summed E-state index contributed by atoms with van der Waals surface area (Å²) in [6.07, 6.45) is 0.989. The monoisotopic (exact) mass is 423 g/mol. The van der Waals surface area contributed by atoms with Gasteiger partial charge in [-0.25, -0.2) is 4.99 Å². The van der Waals surface area contributed by atoms with E-state index in [0.29, 0.717) is 25.2 Å². The smallest absolute Gasteiger partial charge is 0.251 e. The lowest BCUT2D eigenvalue weighted by atomic mass is 10.1. The Balaban J connectivity index is 1.53. The van der Waals surface area contributed by atoms with Gasteiger partial charge in [0.05, 0.1) is 13.1 Å². The van der Waals surface area contributed by atoms with E-state index in [2.05, 4.69) is 27.0 Å². The summed E-state index contributed by atoms with van der Waals surface area (Å²) < 4.78 is 5.99. The van der Waals surface area contributed by atoms with Gasteiger partial charge in [0.1, 0.15) is 11.9 Å². The van der Waals surface area contributed by atoms with Crippen LogP contribution in [-0.4, -0.2) is 63.1 Å². The Labute approximate surface area is 184 Å². The molecule has 1 aliphatic rings. The second-order valence-electron chi connectivity index (χ2n) is 7.89. The van der Waals surface area contributed by atoms with Crippen LogP contribution in [0.3, 0.4) is 0 Å². The molecule has 2 aromatic rings. The number of rotatable bonds is 9. The molecule has 0 radical (unpaired) electrons. The lowest BCUT2D eigenvalue weighted by Crippen LogP contribution is -2.42. The van der Waals surface area contributed by atoms with Crippen LogP contribution in [0.4, 0.5) is 0 Å². The molecule has 0 fully saturated rings. The number of aliphatic imine (C=N–C) groups is 1. The number of hydrogen-bond donors (Lipinski definition) is 3. The molecule has 0 aromatic heterocycles. The second kappa shape index (κ2) is 11.4. The number of guanidine groups is 1. The lowest BCUT2D eigenvalue weighted by molar-refractivity contribution is 0.0951. The molecule has 31 heavy (non-hydrogen) atoms. The average Bonchev–Trinajstić information content (AvgIpc) is 3.18. The van der Waals surface area contributed by atoms with Crippen molar-refractivity contribution in [1.82, 2.24) is 20.9 Å². The maximum absolute atomic E-state index is 12.4. The molecular formula is C24H33N5O2. The molecule has 1 heterocycles. The number of fused-ring (bicyclic) bond motifs is 1. The molecule has 1 aliphatic heterocycles. The van der Waals surface area contributed by atoms with E-state index >= 15 is 0 Å². The maximum atomic E-state index is 12.4. The maximum Gasteiger partial charge on any atom is 0.251 e. The summed E-state index contributed by atoms with van der Waals surface area (Å²) in [5.74, 6) is 1.65. The number of nitrogens with one attached hydrogen (secondary N) is 3. The van der Waals surface area contributed by atoms with Gasteiger partial charge in [0.15, 0.2) is 5.96 Å². The zero-order valence-electron chi connectivity index (χ0n) is 18.6. The number of carbonyl (C=O) groups excluding carboxylic acids is 1. The van der Waals surface area contributed by atoms with Gasteiger partial charge in [-0.05, 0) is 50.3 Å². The van der Waals surface area contributed by atoms with Crippen molar-refractivity contribution in [3.63, 3.8) is 0 Å². The predicted molar refractivity (Wildman–Crippen MR) is 125 cm³/mol. The molecule has 1 atom stereocenters. The number of amides is 1. The van der Waals surface area contributed by atoms with Gasteiger partial charge < -0.3 is 25.6 Å². The second-order valence-corrected chi connectivity index (χ2v) is 7.89. The normalized spacial score (nSPS) is 15.4. The third-order valence-electron chi connectivity index (χ3n) is 5.01. The number of benzene rings is 2. The minimum absolute atomic E-state index is 0.0596. The van der Waals surface area contributed by atoms with Gasteiger partial charge in [0.25, 0.3) is 5.91 Å². The van der Waals surface area contributed by atoms with E-state index in [1.165, 1.54) is 5.56 Å². The van der Waals surface area contributed by atoms with Crippen LogP contribution in [0.2, 0.25) is 0 Å². The highest BCUT2D eigenvalue weighted by atomic mass is 16.5. The standard InChI is InChI=1S/C24H33N5O2/c1-4-25-24(28-17-21-15-19-9-5-6-11-22(19)31-21)27-16-18-8-7-10-20(14-18)23(30)26-12-13-29(2)3/h5-11,14,21H,4,12-13,15-17H2,1-3H3,(H,26,30)(H2,25,27,28). The molecule has 7 heteroatoms. The van der Waals surface area contributed by atoms with E-state index in [-0.39, 0.29) is 12.0 Å². The predicted octanol–water partition coefficient (Wildman–Crippen LogP) is 2.04. The van der Waals surface area contributed by atoms with Crippen molar-refractivity contribution in [3.8, 4) is 5.75 Å². The number of hydrogen-bond acceptors (Lipinski definition) is 4. The molecule has 0 spiro atoms. The van der Waals surface area contributed by atoms with E-state index in [1.54, 1.807) is 0 Å². The minimum atomic E-state index is -0.0596. The Bertz CT molecular complexity index is 872. The molecule has 0 saturated carbocycles. The van der Waals surface area contributed by atoms with Crippen LogP contribution in [-0.2, 0) is 13.0 Å². The van der Waals surface area contributed by atoms with Crippen LogP contribution >= 0.6 is 0 Å². The van der Waals surface area contributed by atoms with Crippen molar-refractivity contribution in [2.75, 3.05) is 40.3 Å². The van der Waals surface area contributed by atoms with Crippen LogP contribution in [0.25, 0.3) is 0 Å². The van der Waals surface area contributed by atoms with E-state index in [1.807, 2.05) is 68.4 Å². The number of likely N-dealkylation sites (N-methyl/N-ethyl adjacent to an activating group) is 1. The Morgan fingerprint density at radius 2 is 1.97 bits per heavy atom. The summed E-state index contributed by atoms with van der Waals surface area (Å²) >= 11 is 0. The molecule has 1 unspecified atom stereocenters. The van der Waals surface area contributed by atoms with Crippen molar-refractivity contribution in [1.29, 1.82) is 0 Å². The highest BCUT2D eigenvalue weighted by Crippen LogP contribution is 2.27. The third kappa shape index (κ3) is 7.00. The van der Waals surface area contributed by atoms with Crippen molar-refractivity contribution in [2.24, 2.45) is 4.99 Å². The van der Waals surface area contributed by atoms with Crippen molar-refractivity contribution in [2.45, 2.75) is 26.0 Å². The first-order valence-corrected chi connectivity index (χ1v) is 10.8. The Hall–Kier alpha value is -3.06. The Morgan fingerprint density at radius 3 is 2.74 bits per heavy atom. The van der Waals surface area contributed by atoms with E-state index in [0.717, 1.165) is 36.8 Å². The van der Waals surface area contributed by atoms with Crippen LogP contribution in [0.15, 0.2) is 53.5 Å². The van der Waals surface area contributed by atoms with Crippen LogP contribution in [0.1, 0.15) is 28.4 Å². The molecule has 166 valence electrons. The van der Waals surface area contributed by atoms with Crippen LogP contribution < -0.4 is 20.7 Å². The molecule has 7 nitrogen and oxygen atoms in total. The topological polar surface area (TPSA) is 78.0 Å². The van der Waals surface area contributed by atoms with Crippen LogP contribution in [0.5, 0.6) is 5.75 Å². The lowest BCUT2D eigenvalue weighted by Gasteiger charge is -2.15. The van der Waals surface area contributed by atoms with Crippen molar-refractivity contribution < 1.29 is 9.53 Å². The fourth-order valence-corrected chi connectivity index (χ4v) is 3.40. The molecule has 3 N–H and O–H groups in total. The SMILES string of the molecule is CCNC(=NCc1cccc(C(=O)NCCN(C)C)c1)NCC1Cc2ccccc2O1. The molecular weight excluding hydrogens is 390 g/mol. The summed E-state index contributed by atoms with van der Waals surface area (Å²) in [6, 6.07) is 15.8. The molecule has 0 saturated heterocycles. The summed E-state index contributed by atoms with van der Waals surface area (Å²) in [5, 5.41) is 9.59. The highest BCUT2D eigenvalue weighted by Gasteiger charge is 2.22. The summed E-state index contributed by atoms with van der Waals surface area (Å²) in [4.78, 5) is 19.1. The first-order valence-electron chi connectivity index (χ1n) is 10.8. The van der Waals surface area contributed by atoms with Crippen molar-refractivity contribution >= 4 is 11.9 Å². The van der Waals surface area contributed by atoms with Gasteiger partial charge in [-0.15, -0.1) is 0 Å². The van der Waals surface area contributed by atoms with Gasteiger partial charge in [0.2, 0.25) is 0 Å².